The second kappa shape index (κ2) is 9.32. The van der Waals surface area contributed by atoms with Crippen LogP contribution < -0.4 is 10.1 Å². The summed E-state index contributed by atoms with van der Waals surface area (Å²) in [6.45, 7) is 10.5. The smallest absolute Gasteiger partial charge is 0.278 e. The molecule has 0 aliphatic heterocycles. The number of nitrogens with one attached hydrogen (secondary N) is 1. The minimum Gasteiger partial charge on any atom is -0.489 e. The van der Waals surface area contributed by atoms with E-state index in [0.29, 0.717) is 23.6 Å². The Kier molecular flexibility index (Phi) is 6.31. The Morgan fingerprint density at radius 2 is 1.79 bits per heavy atom. The van der Waals surface area contributed by atoms with Gasteiger partial charge in [-0.2, -0.15) is 5.10 Å². The highest BCUT2D eigenvalue weighted by atomic mass is 16.5. The van der Waals surface area contributed by atoms with Crippen LogP contribution in [0, 0.1) is 34.6 Å². The molecule has 2 aromatic carbocycles. The van der Waals surface area contributed by atoms with Crippen molar-refractivity contribution in [1.29, 1.82) is 0 Å². The molecule has 7 nitrogen and oxygen atoms in total. The first-order valence-corrected chi connectivity index (χ1v) is 10.9. The lowest BCUT2D eigenvalue weighted by Crippen LogP contribution is -2.16. The minimum absolute atomic E-state index is 0.187. The van der Waals surface area contributed by atoms with E-state index < -0.39 is 0 Å². The summed E-state index contributed by atoms with van der Waals surface area (Å²) in [5.74, 6) is 0.929. The van der Waals surface area contributed by atoms with Gasteiger partial charge in [-0.25, -0.2) is 0 Å². The maximum Gasteiger partial charge on any atom is 0.278 e. The molecule has 1 amide bonds. The molecule has 4 aromatic rings. The fraction of sp³-hybridized carbons (Fsp3) is 0.269. The van der Waals surface area contributed by atoms with E-state index in [-0.39, 0.29) is 18.2 Å². The van der Waals surface area contributed by atoms with Crippen molar-refractivity contribution >= 4 is 11.6 Å². The van der Waals surface area contributed by atoms with Crippen LogP contribution >= 0.6 is 0 Å². The van der Waals surface area contributed by atoms with Gasteiger partial charge in [0.25, 0.3) is 5.91 Å². The van der Waals surface area contributed by atoms with E-state index in [2.05, 4.69) is 46.8 Å². The minimum atomic E-state index is -0.351. The first-order chi connectivity index (χ1) is 15.8. The van der Waals surface area contributed by atoms with E-state index in [1.165, 1.54) is 5.56 Å². The fourth-order valence-electron chi connectivity index (χ4n) is 3.67. The van der Waals surface area contributed by atoms with Crippen LogP contribution in [0.3, 0.4) is 0 Å². The van der Waals surface area contributed by atoms with Gasteiger partial charge < -0.3 is 14.6 Å². The SMILES string of the molecule is Cc1ccc(Cn2nc(C)c(NC(=O)c3noc(C)c3COc3cccc(C)c3)c2C)cc1. The topological polar surface area (TPSA) is 82.2 Å². The largest absolute Gasteiger partial charge is 0.489 e. The van der Waals surface area contributed by atoms with Crippen LogP contribution in [-0.2, 0) is 13.2 Å². The third kappa shape index (κ3) is 4.98. The number of benzene rings is 2. The van der Waals surface area contributed by atoms with E-state index >= 15 is 0 Å². The Hall–Kier alpha value is -3.87. The predicted octanol–water partition coefficient (Wildman–Crippen LogP) is 5.29. The Labute approximate surface area is 193 Å². The molecule has 2 aromatic heterocycles. The van der Waals surface area contributed by atoms with E-state index in [9.17, 15) is 4.79 Å². The molecule has 0 aliphatic carbocycles. The molecule has 0 fully saturated rings. The number of carbonyl (C=O) groups is 1. The maximum absolute atomic E-state index is 13.1. The molecule has 33 heavy (non-hydrogen) atoms. The molecule has 7 heteroatoms. The van der Waals surface area contributed by atoms with Crippen molar-refractivity contribution in [3.8, 4) is 5.75 Å². The number of ether oxygens (including phenoxy) is 1. The normalized spacial score (nSPS) is 10.9. The summed E-state index contributed by atoms with van der Waals surface area (Å²) in [7, 11) is 0. The number of rotatable bonds is 7. The maximum atomic E-state index is 13.1. The molecule has 0 bridgehead atoms. The van der Waals surface area contributed by atoms with Crippen molar-refractivity contribution in [2.24, 2.45) is 0 Å². The Morgan fingerprint density at radius 3 is 2.52 bits per heavy atom. The average Bonchev–Trinajstić information content (AvgIpc) is 3.28. The second-order valence-electron chi connectivity index (χ2n) is 8.31. The number of hydrogen-bond donors (Lipinski definition) is 1. The van der Waals surface area contributed by atoms with Gasteiger partial charge in [-0.15, -0.1) is 0 Å². The quantitative estimate of drug-likeness (QED) is 0.419. The first-order valence-electron chi connectivity index (χ1n) is 10.9. The summed E-state index contributed by atoms with van der Waals surface area (Å²) in [6, 6.07) is 16.1. The van der Waals surface area contributed by atoms with Crippen LogP contribution in [0.2, 0.25) is 0 Å². The van der Waals surface area contributed by atoms with Crippen molar-refractivity contribution in [2.75, 3.05) is 5.32 Å². The van der Waals surface area contributed by atoms with Gasteiger partial charge in [0.1, 0.15) is 18.1 Å². The monoisotopic (exact) mass is 444 g/mol. The van der Waals surface area contributed by atoms with Crippen LogP contribution in [0.1, 0.15) is 49.9 Å². The summed E-state index contributed by atoms with van der Waals surface area (Å²) in [5.41, 5.74) is 6.59. The lowest BCUT2D eigenvalue weighted by Gasteiger charge is -2.09. The predicted molar refractivity (Wildman–Crippen MR) is 127 cm³/mol. The third-order valence-electron chi connectivity index (χ3n) is 5.65. The first kappa shape index (κ1) is 22.3. The summed E-state index contributed by atoms with van der Waals surface area (Å²) in [5, 5.41) is 11.6. The molecule has 0 spiro atoms. The Morgan fingerprint density at radius 1 is 1.03 bits per heavy atom. The number of carbonyl (C=O) groups excluding carboxylic acids is 1. The fourth-order valence-corrected chi connectivity index (χ4v) is 3.67. The lowest BCUT2D eigenvalue weighted by molar-refractivity contribution is 0.101. The van der Waals surface area contributed by atoms with Gasteiger partial charge in [0.2, 0.25) is 0 Å². The third-order valence-corrected chi connectivity index (χ3v) is 5.65. The van der Waals surface area contributed by atoms with E-state index in [4.69, 9.17) is 9.26 Å². The number of aryl methyl sites for hydroxylation is 4. The van der Waals surface area contributed by atoms with Crippen LogP contribution in [0.25, 0.3) is 0 Å². The van der Waals surface area contributed by atoms with Crippen LogP contribution in [-0.4, -0.2) is 20.8 Å². The van der Waals surface area contributed by atoms with Gasteiger partial charge in [0, 0.05) is 0 Å². The Balaban J connectivity index is 1.51. The molecule has 2 heterocycles. The van der Waals surface area contributed by atoms with Crippen molar-refractivity contribution < 1.29 is 14.1 Å². The molecule has 0 aliphatic rings. The molecular weight excluding hydrogens is 416 g/mol. The molecule has 0 atom stereocenters. The highest BCUT2D eigenvalue weighted by Crippen LogP contribution is 2.24. The molecular formula is C26H28N4O3. The van der Waals surface area contributed by atoms with Gasteiger partial charge >= 0.3 is 0 Å². The lowest BCUT2D eigenvalue weighted by atomic mass is 10.1. The van der Waals surface area contributed by atoms with Gasteiger partial charge in [-0.1, -0.05) is 47.1 Å². The summed E-state index contributed by atoms with van der Waals surface area (Å²) in [6.07, 6.45) is 0. The zero-order valence-electron chi connectivity index (χ0n) is 19.6. The van der Waals surface area contributed by atoms with Crippen LogP contribution in [0.4, 0.5) is 5.69 Å². The van der Waals surface area contributed by atoms with Crippen molar-refractivity contribution in [2.45, 2.75) is 47.8 Å². The number of amides is 1. The molecule has 0 saturated carbocycles. The molecule has 1 N–H and O–H groups in total. The van der Waals surface area contributed by atoms with Gasteiger partial charge in [-0.05, 0) is 57.9 Å². The van der Waals surface area contributed by atoms with Crippen LogP contribution in [0.5, 0.6) is 5.75 Å². The Bertz CT molecular complexity index is 1290. The molecule has 0 radical (unpaired) electrons. The van der Waals surface area contributed by atoms with Crippen molar-refractivity contribution in [3.63, 3.8) is 0 Å². The highest BCUT2D eigenvalue weighted by molar-refractivity contribution is 6.04. The van der Waals surface area contributed by atoms with Crippen molar-refractivity contribution in [3.05, 3.63) is 93.6 Å². The average molecular weight is 445 g/mol. The standard InChI is InChI=1S/C26H28N4O3/c1-16-9-11-21(12-10-16)14-30-19(4)24(18(3)28-30)27-26(31)25-23(20(5)33-29-25)15-32-22-8-6-7-17(2)13-22/h6-13H,14-15H2,1-5H3,(H,27,31). The summed E-state index contributed by atoms with van der Waals surface area (Å²) in [4.78, 5) is 13.1. The zero-order valence-corrected chi connectivity index (χ0v) is 19.6. The second-order valence-corrected chi connectivity index (χ2v) is 8.31. The highest BCUT2D eigenvalue weighted by Gasteiger charge is 2.23. The number of nitrogens with zero attached hydrogens (tertiary/aromatic N) is 3. The number of aromatic nitrogens is 3. The molecule has 170 valence electrons. The number of anilines is 1. The molecule has 0 saturated heterocycles. The van der Waals surface area contributed by atoms with Gasteiger partial charge in [0.15, 0.2) is 5.69 Å². The molecule has 4 rings (SSSR count). The van der Waals surface area contributed by atoms with E-state index in [1.54, 1.807) is 6.92 Å². The zero-order chi connectivity index (χ0) is 23.5. The summed E-state index contributed by atoms with van der Waals surface area (Å²) < 4.78 is 13.1. The van der Waals surface area contributed by atoms with Crippen molar-refractivity contribution in [1.82, 2.24) is 14.9 Å². The van der Waals surface area contributed by atoms with Gasteiger partial charge in [-0.3, -0.25) is 9.48 Å². The van der Waals surface area contributed by atoms with Gasteiger partial charge in [0.05, 0.1) is 29.2 Å². The molecule has 0 unspecified atom stereocenters. The van der Waals surface area contributed by atoms with Crippen LogP contribution in [0.15, 0.2) is 53.1 Å². The van der Waals surface area contributed by atoms with E-state index in [1.807, 2.05) is 49.7 Å². The van der Waals surface area contributed by atoms with E-state index in [0.717, 1.165) is 28.3 Å². The number of hydrogen-bond acceptors (Lipinski definition) is 5. The summed E-state index contributed by atoms with van der Waals surface area (Å²) >= 11 is 0.